The van der Waals surface area contributed by atoms with Crippen LogP contribution in [0.1, 0.15) is 60.3 Å². The summed E-state index contributed by atoms with van der Waals surface area (Å²) < 4.78 is 17.5. The molecule has 2 heterocycles. The molecule has 3 rings (SSSR count). The van der Waals surface area contributed by atoms with Crippen molar-refractivity contribution >= 4 is 11.9 Å². The smallest absolute Gasteiger partial charge is 0.311 e. The minimum atomic E-state index is -0.674. The second-order valence-electron chi connectivity index (χ2n) is 9.63. The molecule has 6 atom stereocenters. The Hall–Kier alpha value is -1.36. The molecule has 5 heteroatoms. The molecule has 1 aliphatic carbocycles. The summed E-state index contributed by atoms with van der Waals surface area (Å²) in [4.78, 5) is 25.1. The van der Waals surface area contributed by atoms with Crippen molar-refractivity contribution in [1.29, 1.82) is 0 Å². The zero-order valence-corrected chi connectivity index (χ0v) is 16.9. The number of methoxy groups -OCH3 is 1. The maximum absolute atomic E-state index is 12.5. The second-order valence-corrected chi connectivity index (χ2v) is 9.63. The van der Waals surface area contributed by atoms with Gasteiger partial charge in [-0.3, -0.25) is 9.59 Å². The highest BCUT2D eigenvalue weighted by Crippen LogP contribution is 2.64. The summed E-state index contributed by atoms with van der Waals surface area (Å²) in [7, 11) is 1.43. The third kappa shape index (κ3) is 2.62. The van der Waals surface area contributed by atoms with Crippen LogP contribution in [0.2, 0.25) is 0 Å². The van der Waals surface area contributed by atoms with Gasteiger partial charge in [-0.05, 0) is 51.9 Å². The summed E-state index contributed by atoms with van der Waals surface area (Å²) in [5.74, 6) is -0.344. The second kappa shape index (κ2) is 5.82. The van der Waals surface area contributed by atoms with Gasteiger partial charge in [-0.15, -0.1) is 6.58 Å². The fourth-order valence-electron chi connectivity index (χ4n) is 6.43. The molecule has 5 nitrogen and oxygen atoms in total. The lowest BCUT2D eigenvalue weighted by Gasteiger charge is -2.65. The Morgan fingerprint density at radius 3 is 2.58 bits per heavy atom. The zero-order valence-electron chi connectivity index (χ0n) is 16.9. The van der Waals surface area contributed by atoms with E-state index in [0.29, 0.717) is 12.8 Å². The van der Waals surface area contributed by atoms with Crippen molar-refractivity contribution < 1.29 is 23.8 Å². The Morgan fingerprint density at radius 2 is 2.00 bits per heavy atom. The Kier molecular flexibility index (Phi) is 4.34. The van der Waals surface area contributed by atoms with Crippen LogP contribution in [-0.2, 0) is 23.8 Å². The Labute approximate surface area is 156 Å². The SMILES string of the molecule is C=C[C@@]1(C)C[C@@H]2OC(=O)C[C@]3(C)[C@@H](C(C)(C)C(=O)OC)CC[C@](C)(O1)[C@@H]23. The number of esters is 2. The molecular weight excluding hydrogens is 332 g/mol. The third-order valence-corrected chi connectivity index (χ3v) is 7.36. The minimum Gasteiger partial charge on any atom is -0.469 e. The van der Waals surface area contributed by atoms with E-state index in [1.54, 1.807) is 0 Å². The van der Waals surface area contributed by atoms with Crippen molar-refractivity contribution in [3.63, 3.8) is 0 Å². The lowest BCUT2D eigenvalue weighted by atomic mass is 9.46. The first kappa shape index (κ1) is 19.4. The van der Waals surface area contributed by atoms with Crippen LogP contribution >= 0.6 is 0 Å². The highest BCUT2D eigenvalue weighted by Gasteiger charge is 2.67. The minimum absolute atomic E-state index is 0.0209. The largest absolute Gasteiger partial charge is 0.469 e. The topological polar surface area (TPSA) is 61.8 Å². The summed E-state index contributed by atoms with van der Waals surface area (Å²) in [5.41, 5.74) is -1.98. The molecule has 2 aliphatic heterocycles. The van der Waals surface area contributed by atoms with E-state index < -0.39 is 16.6 Å². The van der Waals surface area contributed by atoms with Crippen LogP contribution in [0.25, 0.3) is 0 Å². The van der Waals surface area contributed by atoms with Crippen molar-refractivity contribution in [2.75, 3.05) is 7.11 Å². The van der Waals surface area contributed by atoms with Gasteiger partial charge < -0.3 is 14.2 Å². The highest BCUT2D eigenvalue weighted by atomic mass is 16.6. The van der Waals surface area contributed by atoms with Crippen molar-refractivity contribution in [1.82, 2.24) is 0 Å². The maximum atomic E-state index is 12.5. The van der Waals surface area contributed by atoms with Crippen LogP contribution in [0.3, 0.4) is 0 Å². The standard InChI is InChI=1S/C21H32O5/c1-8-19(4)11-13-16-20(5,12-15(22)25-13)14(9-10-21(16,6)26-19)18(2,3)17(23)24-7/h8,13-14,16H,1,9-12H2,2-7H3/t13-,14+,16-,19-,20+,21-/m0/s1. The van der Waals surface area contributed by atoms with E-state index in [1.807, 2.05) is 26.8 Å². The molecule has 146 valence electrons. The van der Waals surface area contributed by atoms with E-state index in [9.17, 15) is 9.59 Å². The number of hydrogen-bond donors (Lipinski definition) is 0. The fourth-order valence-corrected chi connectivity index (χ4v) is 6.43. The van der Waals surface area contributed by atoms with Gasteiger partial charge in [-0.2, -0.15) is 0 Å². The van der Waals surface area contributed by atoms with Gasteiger partial charge in [-0.1, -0.05) is 13.0 Å². The van der Waals surface area contributed by atoms with Crippen LogP contribution in [0, 0.1) is 22.7 Å². The molecule has 0 bridgehead atoms. The van der Waals surface area contributed by atoms with Gasteiger partial charge in [0.1, 0.15) is 6.10 Å². The average molecular weight is 364 g/mol. The molecule has 2 saturated heterocycles. The monoisotopic (exact) mass is 364 g/mol. The fraction of sp³-hybridized carbons (Fsp3) is 0.810. The number of hydrogen-bond acceptors (Lipinski definition) is 5. The van der Waals surface area contributed by atoms with Crippen molar-refractivity contribution in [3.05, 3.63) is 12.7 Å². The molecule has 26 heavy (non-hydrogen) atoms. The molecular formula is C21H32O5. The maximum Gasteiger partial charge on any atom is 0.311 e. The van der Waals surface area contributed by atoms with Gasteiger partial charge in [0.05, 0.1) is 30.1 Å². The van der Waals surface area contributed by atoms with E-state index in [0.717, 1.165) is 12.8 Å². The number of ether oxygens (including phenoxy) is 3. The predicted molar refractivity (Wildman–Crippen MR) is 97.3 cm³/mol. The quantitative estimate of drug-likeness (QED) is 0.565. The zero-order chi connectivity index (χ0) is 19.5. The van der Waals surface area contributed by atoms with Gasteiger partial charge in [0.2, 0.25) is 0 Å². The summed E-state index contributed by atoms with van der Waals surface area (Å²) in [6.07, 6.45) is 4.12. The third-order valence-electron chi connectivity index (χ3n) is 7.36. The Morgan fingerprint density at radius 1 is 1.35 bits per heavy atom. The van der Waals surface area contributed by atoms with Gasteiger partial charge in [-0.25, -0.2) is 0 Å². The first-order valence-corrected chi connectivity index (χ1v) is 9.53. The van der Waals surface area contributed by atoms with Gasteiger partial charge in [0, 0.05) is 12.3 Å². The van der Waals surface area contributed by atoms with E-state index in [-0.39, 0.29) is 35.3 Å². The van der Waals surface area contributed by atoms with E-state index >= 15 is 0 Å². The summed E-state index contributed by atoms with van der Waals surface area (Å²) in [6.45, 7) is 14.1. The first-order valence-electron chi connectivity index (χ1n) is 9.53. The summed E-state index contributed by atoms with van der Waals surface area (Å²) in [5, 5.41) is 0. The summed E-state index contributed by atoms with van der Waals surface area (Å²) in [6, 6.07) is 0. The molecule has 3 aliphatic rings. The number of carbonyl (C=O) groups excluding carboxylic acids is 2. The van der Waals surface area contributed by atoms with Crippen LogP contribution < -0.4 is 0 Å². The van der Waals surface area contributed by atoms with Crippen molar-refractivity contribution in [3.8, 4) is 0 Å². The van der Waals surface area contributed by atoms with E-state index in [4.69, 9.17) is 14.2 Å². The van der Waals surface area contributed by atoms with Crippen molar-refractivity contribution in [2.24, 2.45) is 22.7 Å². The lowest BCUT2D eigenvalue weighted by molar-refractivity contribution is -0.295. The van der Waals surface area contributed by atoms with E-state index in [1.165, 1.54) is 7.11 Å². The Bertz CT molecular complexity index is 640. The van der Waals surface area contributed by atoms with Crippen LogP contribution in [-0.4, -0.2) is 36.4 Å². The molecule has 3 fully saturated rings. The molecule has 0 amide bonds. The van der Waals surface area contributed by atoms with E-state index in [2.05, 4.69) is 20.4 Å². The Balaban J connectivity index is 2.08. The van der Waals surface area contributed by atoms with Crippen LogP contribution in [0.5, 0.6) is 0 Å². The molecule has 0 unspecified atom stereocenters. The molecule has 0 aromatic carbocycles. The molecule has 0 N–H and O–H groups in total. The van der Waals surface area contributed by atoms with Crippen LogP contribution in [0.15, 0.2) is 12.7 Å². The van der Waals surface area contributed by atoms with Crippen molar-refractivity contribution in [2.45, 2.75) is 77.6 Å². The number of carbonyl (C=O) groups is 2. The summed E-state index contributed by atoms with van der Waals surface area (Å²) >= 11 is 0. The average Bonchev–Trinajstić information content (AvgIpc) is 2.51. The normalized spacial score (nSPS) is 45.3. The molecule has 0 aromatic heterocycles. The molecule has 0 radical (unpaired) electrons. The first-order chi connectivity index (χ1) is 11.9. The van der Waals surface area contributed by atoms with Gasteiger partial charge in [0.25, 0.3) is 0 Å². The number of rotatable bonds is 3. The molecule has 0 spiro atoms. The van der Waals surface area contributed by atoms with Gasteiger partial charge in [0.15, 0.2) is 0 Å². The van der Waals surface area contributed by atoms with Gasteiger partial charge >= 0.3 is 11.9 Å². The van der Waals surface area contributed by atoms with Crippen LogP contribution in [0.4, 0.5) is 0 Å². The highest BCUT2D eigenvalue weighted by molar-refractivity contribution is 5.77. The molecule has 0 aromatic rings. The lowest BCUT2D eigenvalue weighted by Crippen LogP contribution is -2.69. The predicted octanol–water partition coefficient (Wildman–Crippen LogP) is 3.66. The molecule has 1 saturated carbocycles.